The third-order valence-electron chi connectivity index (χ3n) is 3.41. The fourth-order valence-electron chi connectivity index (χ4n) is 2.28. The Morgan fingerprint density at radius 2 is 2.16 bits per heavy atom. The molecule has 19 heavy (non-hydrogen) atoms. The highest BCUT2D eigenvalue weighted by Crippen LogP contribution is 2.23. The van der Waals surface area contributed by atoms with E-state index in [0.717, 1.165) is 25.7 Å². The number of nitrogen functional groups attached to an aromatic ring is 1. The van der Waals surface area contributed by atoms with Crippen LogP contribution in [0.4, 0.5) is 5.69 Å². The maximum absolute atomic E-state index is 11.8. The molecule has 1 aromatic rings. The molecule has 0 saturated heterocycles. The highest BCUT2D eigenvalue weighted by Gasteiger charge is 2.23. The second-order valence-corrected chi connectivity index (χ2v) is 4.80. The van der Waals surface area contributed by atoms with E-state index in [1.807, 2.05) is 0 Å². The first kappa shape index (κ1) is 15.7. The fraction of sp³-hybridized carbons (Fsp3) is 0.538. The number of carbonyl (C=O) groups is 1. The summed E-state index contributed by atoms with van der Waals surface area (Å²) in [7, 11) is 0. The summed E-state index contributed by atoms with van der Waals surface area (Å²) in [6, 6.07) is 3.25. The second kappa shape index (κ2) is 7.31. The predicted molar refractivity (Wildman–Crippen MR) is 76.2 cm³/mol. The standard InChI is InChI=1S/C13H19N3O2.ClH/c14-10-5-6-11(15-8-10)13(18)16-7-9-3-1-2-4-12(9)17;/h5-6,8-9,12,17H,1-4,7,14H2,(H,16,18);1H. The molecular weight excluding hydrogens is 266 g/mol. The van der Waals surface area contributed by atoms with Gasteiger partial charge in [-0.1, -0.05) is 12.8 Å². The number of nitrogens with one attached hydrogen (secondary N) is 1. The number of carbonyl (C=O) groups excluding carboxylic acids is 1. The Bertz CT molecular complexity index is 411. The van der Waals surface area contributed by atoms with Gasteiger partial charge in [-0.25, -0.2) is 4.98 Å². The van der Waals surface area contributed by atoms with Crippen LogP contribution in [0.25, 0.3) is 0 Å². The van der Waals surface area contributed by atoms with Gasteiger partial charge in [-0.3, -0.25) is 4.79 Å². The molecule has 1 fully saturated rings. The SMILES string of the molecule is Cl.Nc1ccc(C(=O)NCC2CCCCC2O)nc1. The van der Waals surface area contributed by atoms with E-state index in [4.69, 9.17) is 5.73 Å². The zero-order chi connectivity index (χ0) is 13.0. The molecule has 0 bridgehead atoms. The highest BCUT2D eigenvalue weighted by atomic mass is 35.5. The number of halogens is 1. The Morgan fingerprint density at radius 1 is 1.42 bits per heavy atom. The molecule has 1 saturated carbocycles. The lowest BCUT2D eigenvalue weighted by Crippen LogP contribution is -2.36. The average Bonchev–Trinajstić information content (AvgIpc) is 2.38. The van der Waals surface area contributed by atoms with Crippen LogP contribution in [-0.4, -0.2) is 28.6 Å². The van der Waals surface area contributed by atoms with E-state index in [-0.39, 0.29) is 30.3 Å². The Hall–Kier alpha value is -1.33. The number of nitrogens with two attached hydrogens (primary N) is 1. The lowest BCUT2D eigenvalue weighted by atomic mass is 9.86. The molecule has 1 heterocycles. The summed E-state index contributed by atoms with van der Waals surface area (Å²) in [5.41, 5.74) is 6.40. The normalized spacial score (nSPS) is 22.4. The molecule has 2 rings (SSSR count). The Kier molecular flexibility index (Phi) is 6.05. The topological polar surface area (TPSA) is 88.2 Å². The first-order valence-corrected chi connectivity index (χ1v) is 6.34. The molecule has 6 heteroatoms. The molecule has 0 aliphatic heterocycles. The number of nitrogens with zero attached hydrogens (tertiary/aromatic N) is 1. The van der Waals surface area contributed by atoms with Crippen LogP contribution >= 0.6 is 12.4 Å². The van der Waals surface area contributed by atoms with Crippen LogP contribution < -0.4 is 11.1 Å². The first-order valence-electron chi connectivity index (χ1n) is 6.34. The van der Waals surface area contributed by atoms with Gasteiger partial charge in [-0.15, -0.1) is 12.4 Å². The molecule has 1 aliphatic rings. The number of hydrogen-bond acceptors (Lipinski definition) is 4. The van der Waals surface area contributed by atoms with E-state index in [1.54, 1.807) is 12.1 Å². The highest BCUT2D eigenvalue weighted by molar-refractivity contribution is 5.92. The quantitative estimate of drug-likeness (QED) is 0.782. The number of anilines is 1. The van der Waals surface area contributed by atoms with Crippen molar-refractivity contribution in [1.82, 2.24) is 10.3 Å². The summed E-state index contributed by atoms with van der Waals surface area (Å²) in [5, 5.41) is 12.6. The molecule has 0 spiro atoms. The molecule has 2 unspecified atom stereocenters. The van der Waals surface area contributed by atoms with Gasteiger partial charge < -0.3 is 16.2 Å². The largest absolute Gasteiger partial charge is 0.397 e. The molecule has 4 N–H and O–H groups in total. The van der Waals surface area contributed by atoms with Crippen molar-refractivity contribution in [2.24, 2.45) is 5.92 Å². The molecular formula is C13H20ClN3O2. The zero-order valence-corrected chi connectivity index (χ0v) is 11.5. The number of aliphatic hydroxyl groups is 1. The van der Waals surface area contributed by atoms with Crippen molar-refractivity contribution in [3.8, 4) is 0 Å². The average molecular weight is 286 g/mol. The van der Waals surface area contributed by atoms with Crippen molar-refractivity contribution in [2.45, 2.75) is 31.8 Å². The summed E-state index contributed by atoms with van der Waals surface area (Å²) in [6.45, 7) is 0.506. The van der Waals surface area contributed by atoms with Crippen LogP contribution in [0.1, 0.15) is 36.2 Å². The van der Waals surface area contributed by atoms with Gasteiger partial charge in [0.1, 0.15) is 5.69 Å². The summed E-state index contributed by atoms with van der Waals surface area (Å²) in [5.74, 6) is -0.0516. The summed E-state index contributed by atoms with van der Waals surface area (Å²) in [4.78, 5) is 15.8. The van der Waals surface area contributed by atoms with Crippen LogP contribution in [0.2, 0.25) is 0 Å². The van der Waals surface area contributed by atoms with Crippen LogP contribution in [0.15, 0.2) is 18.3 Å². The Morgan fingerprint density at radius 3 is 2.79 bits per heavy atom. The van der Waals surface area contributed by atoms with Gasteiger partial charge in [-0.2, -0.15) is 0 Å². The van der Waals surface area contributed by atoms with Gasteiger partial charge >= 0.3 is 0 Å². The number of aliphatic hydroxyl groups excluding tert-OH is 1. The smallest absolute Gasteiger partial charge is 0.269 e. The van der Waals surface area contributed by atoms with E-state index in [0.29, 0.717) is 17.9 Å². The molecule has 1 aromatic heterocycles. The van der Waals surface area contributed by atoms with E-state index in [1.165, 1.54) is 6.20 Å². The minimum atomic E-state index is -0.293. The number of amides is 1. The monoisotopic (exact) mass is 285 g/mol. The van der Waals surface area contributed by atoms with Crippen LogP contribution in [0, 0.1) is 5.92 Å². The summed E-state index contributed by atoms with van der Waals surface area (Å²) >= 11 is 0. The van der Waals surface area contributed by atoms with Crippen molar-refractivity contribution >= 4 is 24.0 Å². The molecule has 1 amide bonds. The molecule has 0 aromatic carbocycles. The third-order valence-corrected chi connectivity index (χ3v) is 3.41. The lowest BCUT2D eigenvalue weighted by molar-refractivity contribution is 0.0661. The predicted octanol–water partition coefficient (Wildman–Crippen LogP) is 1.37. The van der Waals surface area contributed by atoms with Gasteiger partial charge in [0.25, 0.3) is 5.91 Å². The number of hydrogen-bond donors (Lipinski definition) is 3. The zero-order valence-electron chi connectivity index (χ0n) is 10.7. The van der Waals surface area contributed by atoms with Gasteiger partial charge in [0.05, 0.1) is 18.0 Å². The number of aromatic nitrogens is 1. The maximum Gasteiger partial charge on any atom is 0.269 e. The molecule has 0 radical (unpaired) electrons. The minimum Gasteiger partial charge on any atom is -0.397 e. The van der Waals surface area contributed by atoms with Gasteiger partial charge in [0, 0.05) is 12.5 Å². The fourth-order valence-corrected chi connectivity index (χ4v) is 2.28. The third kappa shape index (κ3) is 4.36. The van der Waals surface area contributed by atoms with Crippen LogP contribution in [-0.2, 0) is 0 Å². The molecule has 106 valence electrons. The summed E-state index contributed by atoms with van der Waals surface area (Å²) in [6.07, 6.45) is 5.17. The molecule has 2 atom stereocenters. The first-order chi connectivity index (χ1) is 8.66. The van der Waals surface area contributed by atoms with Gasteiger partial charge in [0.2, 0.25) is 0 Å². The lowest BCUT2D eigenvalue weighted by Gasteiger charge is -2.27. The minimum absolute atomic E-state index is 0. The molecule has 5 nitrogen and oxygen atoms in total. The van der Waals surface area contributed by atoms with Crippen molar-refractivity contribution < 1.29 is 9.90 Å². The van der Waals surface area contributed by atoms with E-state index in [2.05, 4.69) is 10.3 Å². The number of rotatable bonds is 3. The number of pyridine rings is 1. The van der Waals surface area contributed by atoms with Gasteiger partial charge in [-0.05, 0) is 25.0 Å². The second-order valence-electron chi connectivity index (χ2n) is 4.80. The maximum atomic E-state index is 11.8. The van der Waals surface area contributed by atoms with Crippen molar-refractivity contribution in [3.05, 3.63) is 24.0 Å². The Labute approximate surface area is 119 Å². The van der Waals surface area contributed by atoms with Crippen molar-refractivity contribution in [1.29, 1.82) is 0 Å². The van der Waals surface area contributed by atoms with Crippen molar-refractivity contribution in [3.63, 3.8) is 0 Å². The summed E-state index contributed by atoms with van der Waals surface area (Å²) < 4.78 is 0. The Balaban J connectivity index is 0.00000180. The van der Waals surface area contributed by atoms with Crippen LogP contribution in [0.3, 0.4) is 0 Å². The van der Waals surface area contributed by atoms with Crippen LogP contribution in [0.5, 0.6) is 0 Å². The van der Waals surface area contributed by atoms with Crippen molar-refractivity contribution in [2.75, 3.05) is 12.3 Å². The van der Waals surface area contributed by atoms with E-state index < -0.39 is 0 Å². The van der Waals surface area contributed by atoms with Gasteiger partial charge in [0.15, 0.2) is 0 Å². The molecule has 1 aliphatic carbocycles. The van der Waals surface area contributed by atoms with E-state index >= 15 is 0 Å². The van der Waals surface area contributed by atoms with E-state index in [9.17, 15) is 9.90 Å².